The first-order chi connectivity index (χ1) is 11.1. The van der Waals surface area contributed by atoms with Gasteiger partial charge in [-0.25, -0.2) is 0 Å². The molecule has 6 heteroatoms. The highest BCUT2D eigenvalue weighted by Crippen LogP contribution is 2.23. The smallest absolute Gasteiger partial charge is 0.223 e. The normalized spacial score (nSPS) is 25.7. The van der Waals surface area contributed by atoms with E-state index in [1.165, 1.54) is 0 Å². The second-order valence-corrected chi connectivity index (χ2v) is 6.54. The third-order valence-corrected chi connectivity index (χ3v) is 4.66. The fraction of sp³-hybridized carbons (Fsp3) is 0.647. The van der Waals surface area contributed by atoms with Gasteiger partial charge in [0, 0.05) is 45.0 Å². The monoisotopic (exact) mass is 319 g/mol. The van der Waals surface area contributed by atoms with Crippen molar-refractivity contribution in [2.24, 2.45) is 0 Å². The second kappa shape index (κ2) is 7.38. The lowest BCUT2D eigenvalue weighted by molar-refractivity contribution is -0.131. The van der Waals surface area contributed by atoms with Gasteiger partial charge in [0.1, 0.15) is 0 Å². The van der Waals surface area contributed by atoms with Gasteiger partial charge in [0.2, 0.25) is 5.91 Å². The number of hydrogen-bond donors (Lipinski definition) is 1. The molecule has 23 heavy (non-hydrogen) atoms. The van der Waals surface area contributed by atoms with Crippen LogP contribution < -0.4 is 0 Å². The Bertz CT molecular complexity index is 519. The number of rotatable bonds is 5. The number of aromatic nitrogens is 1. The van der Waals surface area contributed by atoms with Crippen LogP contribution in [0.4, 0.5) is 0 Å². The highest BCUT2D eigenvalue weighted by atomic mass is 16.5. The fourth-order valence-corrected chi connectivity index (χ4v) is 3.33. The minimum absolute atomic E-state index is 0.117. The first-order valence-electron chi connectivity index (χ1n) is 8.34. The summed E-state index contributed by atoms with van der Waals surface area (Å²) in [5, 5.41) is 10.8. The maximum absolute atomic E-state index is 12.4. The van der Waals surface area contributed by atoms with Gasteiger partial charge in [-0.15, -0.1) is 0 Å². The number of ether oxygens (including phenoxy) is 1. The van der Waals surface area contributed by atoms with Crippen LogP contribution in [0.1, 0.15) is 18.4 Å². The van der Waals surface area contributed by atoms with Crippen LogP contribution in [0.15, 0.2) is 24.5 Å². The van der Waals surface area contributed by atoms with Crippen molar-refractivity contribution in [3.63, 3.8) is 0 Å². The maximum atomic E-state index is 12.4. The number of amides is 1. The van der Waals surface area contributed by atoms with E-state index in [1.807, 2.05) is 12.1 Å². The van der Waals surface area contributed by atoms with E-state index >= 15 is 0 Å². The van der Waals surface area contributed by atoms with E-state index in [2.05, 4.69) is 9.88 Å². The Kier molecular flexibility index (Phi) is 5.25. The van der Waals surface area contributed by atoms with Gasteiger partial charge in [-0.1, -0.05) is 6.07 Å². The summed E-state index contributed by atoms with van der Waals surface area (Å²) in [5.74, 6) is 0.117. The lowest BCUT2D eigenvalue weighted by Crippen LogP contribution is -2.49. The van der Waals surface area contributed by atoms with Crippen LogP contribution in [0.3, 0.4) is 0 Å². The van der Waals surface area contributed by atoms with Gasteiger partial charge in [0.25, 0.3) is 0 Å². The summed E-state index contributed by atoms with van der Waals surface area (Å²) in [6.45, 7) is 4.88. The number of aryl methyl sites for hydroxylation is 1. The van der Waals surface area contributed by atoms with Gasteiger partial charge in [-0.3, -0.25) is 14.7 Å². The fourth-order valence-electron chi connectivity index (χ4n) is 3.33. The second-order valence-electron chi connectivity index (χ2n) is 6.54. The molecule has 2 fully saturated rings. The Balaban J connectivity index is 1.47. The van der Waals surface area contributed by atoms with Crippen LogP contribution >= 0.6 is 0 Å². The molecule has 1 atom stereocenters. The first kappa shape index (κ1) is 16.4. The zero-order valence-corrected chi connectivity index (χ0v) is 13.5. The van der Waals surface area contributed by atoms with Crippen molar-refractivity contribution in [2.45, 2.75) is 24.9 Å². The van der Waals surface area contributed by atoms with Crippen LogP contribution in [0.2, 0.25) is 0 Å². The van der Waals surface area contributed by atoms with Gasteiger partial charge in [0.15, 0.2) is 0 Å². The number of carbonyl (C=O) groups is 1. The third-order valence-electron chi connectivity index (χ3n) is 4.66. The number of aliphatic hydroxyl groups is 1. The van der Waals surface area contributed by atoms with E-state index in [4.69, 9.17) is 4.74 Å². The quantitative estimate of drug-likeness (QED) is 0.846. The van der Waals surface area contributed by atoms with E-state index in [0.717, 1.165) is 31.9 Å². The summed E-state index contributed by atoms with van der Waals surface area (Å²) in [5.41, 5.74) is 0.296. The average Bonchev–Trinajstić information content (AvgIpc) is 2.96. The molecule has 1 aromatic heterocycles. The van der Waals surface area contributed by atoms with Gasteiger partial charge in [-0.2, -0.15) is 0 Å². The summed E-state index contributed by atoms with van der Waals surface area (Å²) in [7, 11) is 0. The lowest BCUT2D eigenvalue weighted by Gasteiger charge is -2.33. The van der Waals surface area contributed by atoms with Crippen molar-refractivity contribution < 1.29 is 14.6 Å². The van der Waals surface area contributed by atoms with Crippen molar-refractivity contribution in [1.82, 2.24) is 14.8 Å². The Morgan fingerprint density at radius 1 is 1.35 bits per heavy atom. The third kappa shape index (κ3) is 4.50. The Hall–Kier alpha value is -1.50. The molecule has 0 saturated carbocycles. The predicted octanol–water partition coefficient (Wildman–Crippen LogP) is 0.310. The molecule has 1 aromatic rings. The van der Waals surface area contributed by atoms with Crippen LogP contribution in [0.5, 0.6) is 0 Å². The molecule has 0 radical (unpaired) electrons. The maximum Gasteiger partial charge on any atom is 0.223 e. The van der Waals surface area contributed by atoms with Gasteiger partial charge >= 0.3 is 0 Å². The molecular weight excluding hydrogens is 294 g/mol. The molecule has 0 unspecified atom stereocenters. The highest BCUT2D eigenvalue weighted by Gasteiger charge is 2.39. The van der Waals surface area contributed by atoms with Gasteiger partial charge in [-0.05, 0) is 24.5 Å². The van der Waals surface area contributed by atoms with Crippen molar-refractivity contribution in [3.8, 4) is 0 Å². The number of carbonyl (C=O) groups excluding carboxylic acids is 1. The summed E-state index contributed by atoms with van der Waals surface area (Å²) >= 11 is 0. The van der Waals surface area contributed by atoms with Crippen LogP contribution in [-0.2, 0) is 16.0 Å². The van der Waals surface area contributed by atoms with E-state index in [-0.39, 0.29) is 5.91 Å². The lowest BCUT2D eigenvalue weighted by atomic mass is 10.0. The molecule has 3 rings (SSSR count). The number of likely N-dealkylation sites (tertiary alicyclic amines) is 1. The summed E-state index contributed by atoms with van der Waals surface area (Å²) in [6, 6.07) is 3.87. The minimum Gasteiger partial charge on any atom is -0.387 e. The molecular formula is C17H25N3O3. The molecule has 0 aromatic carbocycles. The Morgan fingerprint density at radius 2 is 2.17 bits per heavy atom. The minimum atomic E-state index is -0.776. The molecule has 0 spiro atoms. The van der Waals surface area contributed by atoms with Crippen molar-refractivity contribution in [3.05, 3.63) is 30.1 Å². The number of β-amino-alcohol motifs (C(OH)–C–C–N with tert-alkyl or cyclic N) is 1. The van der Waals surface area contributed by atoms with Crippen molar-refractivity contribution >= 4 is 5.91 Å². The molecule has 1 N–H and O–H groups in total. The van der Waals surface area contributed by atoms with E-state index in [1.54, 1.807) is 17.3 Å². The number of hydrogen-bond acceptors (Lipinski definition) is 5. The molecule has 2 saturated heterocycles. The number of nitrogens with zero attached hydrogens (tertiary/aromatic N) is 3. The molecule has 0 aliphatic carbocycles. The van der Waals surface area contributed by atoms with Gasteiger partial charge < -0.3 is 14.7 Å². The molecule has 2 aliphatic heterocycles. The summed E-state index contributed by atoms with van der Waals surface area (Å²) in [4.78, 5) is 20.5. The van der Waals surface area contributed by atoms with E-state index in [0.29, 0.717) is 38.9 Å². The predicted molar refractivity (Wildman–Crippen MR) is 86.0 cm³/mol. The summed E-state index contributed by atoms with van der Waals surface area (Å²) < 4.78 is 5.34. The Labute approximate surface area is 137 Å². The molecule has 3 heterocycles. The molecule has 1 amide bonds. The standard InChI is InChI=1S/C17H25N3O3/c21-16(4-3-15-2-1-6-18-12-15)20-7-5-17(22,14-20)13-19-8-10-23-11-9-19/h1-2,6,12,22H,3-5,7-11,13-14H2/t17-/m0/s1. The SMILES string of the molecule is O=C(CCc1cccnc1)N1CC[C@](O)(CN2CCOCC2)C1. The van der Waals surface area contributed by atoms with Crippen LogP contribution in [-0.4, -0.2) is 77.3 Å². The number of morpholine rings is 1. The van der Waals surface area contributed by atoms with Crippen LogP contribution in [0.25, 0.3) is 0 Å². The topological polar surface area (TPSA) is 65.9 Å². The van der Waals surface area contributed by atoms with Crippen molar-refractivity contribution in [2.75, 3.05) is 45.9 Å². The molecule has 126 valence electrons. The summed E-state index contributed by atoms with van der Waals surface area (Å²) in [6.07, 6.45) is 5.36. The molecule has 6 nitrogen and oxygen atoms in total. The van der Waals surface area contributed by atoms with E-state index in [9.17, 15) is 9.90 Å². The Morgan fingerprint density at radius 3 is 2.91 bits per heavy atom. The highest BCUT2D eigenvalue weighted by molar-refractivity contribution is 5.76. The zero-order valence-electron chi connectivity index (χ0n) is 13.5. The zero-order chi connectivity index (χ0) is 16.1. The largest absolute Gasteiger partial charge is 0.387 e. The average molecular weight is 319 g/mol. The van der Waals surface area contributed by atoms with Gasteiger partial charge in [0.05, 0.1) is 25.4 Å². The van der Waals surface area contributed by atoms with Crippen molar-refractivity contribution in [1.29, 1.82) is 0 Å². The molecule has 0 bridgehead atoms. The van der Waals surface area contributed by atoms with Crippen LogP contribution in [0, 0.1) is 0 Å². The number of pyridine rings is 1. The first-order valence-corrected chi connectivity index (χ1v) is 8.34. The molecule has 2 aliphatic rings. The van der Waals surface area contributed by atoms with E-state index < -0.39 is 5.60 Å².